The first-order valence-electron chi connectivity index (χ1n) is 7.99. The molecule has 1 rings (SSSR count). The summed E-state index contributed by atoms with van der Waals surface area (Å²) in [4.78, 5) is 14.1. The number of nitrogens with one attached hydrogen (secondary N) is 1. The van der Waals surface area contributed by atoms with Gasteiger partial charge in [-0.2, -0.15) is 0 Å². The fourth-order valence-electron chi connectivity index (χ4n) is 2.06. The number of nitrogen functional groups attached to an aromatic ring is 1. The van der Waals surface area contributed by atoms with Crippen LogP contribution in [0.4, 0.5) is 5.69 Å². The van der Waals surface area contributed by atoms with Gasteiger partial charge in [0.15, 0.2) is 0 Å². The molecule has 0 bridgehead atoms. The molecule has 0 atom stereocenters. The van der Waals surface area contributed by atoms with Crippen molar-refractivity contribution in [2.75, 3.05) is 39.5 Å². The number of anilines is 1. The highest BCUT2D eigenvalue weighted by atomic mass is 16.5. The lowest BCUT2D eigenvalue weighted by atomic mass is 10.1. The minimum atomic E-state index is -0.0815. The van der Waals surface area contributed by atoms with Crippen molar-refractivity contribution in [2.24, 2.45) is 0 Å². The van der Waals surface area contributed by atoms with Crippen LogP contribution in [0.3, 0.4) is 0 Å². The Morgan fingerprint density at radius 1 is 1.27 bits per heavy atom. The summed E-state index contributed by atoms with van der Waals surface area (Å²) in [5, 5.41) is 2.90. The molecule has 5 nitrogen and oxygen atoms in total. The molecule has 0 aliphatic heterocycles. The zero-order valence-electron chi connectivity index (χ0n) is 14.0. The molecule has 0 aliphatic rings. The summed E-state index contributed by atoms with van der Waals surface area (Å²) < 4.78 is 5.65. The Hall–Kier alpha value is -1.75. The molecule has 22 heavy (non-hydrogen) atoms. The second kappa shape index (κ2) is 10.1. The summed E-state index contributed by atoms with van der Waals surface area (Å²) in [6, 6.07) is 5.20. The van der Waals surface area contributed by atoms with Crippen molar-refractivity contribution in [3.63, 3.8) is 0 Å². The zero-order valence-corrected chi connectivity index (χ0v) is 14.0. The van der Waals surface area contributed by atoms with E-state index in [0.29, 0.717) is 30.2 Å². The first-order chi connectivity index (χ1) is 10.5. The first-order valence-corrected chi connectivity index (χ1v) is 7.99. The average molecular weight is 307 g/mol. The monoisotopic (exact) mass is 307 g/mol. The number of nitrogens with two attached hydrogens (primary N) is 1. The standard InChI is InChI=1S/C17H29N3O2/c1-4-5-6-10-19-17(21)14-8-9-16(15(18)13-14)22-12-7-11-20(2)3/h8-9,13H,4-7,10-12,18H2,1-3H3,(H,19,21). The van der Waals surface area contributed by atoms with Crippen LogP contribution in [0.15, 0.2) is 18.2 Å². The van der Waals surface area contributed by atoms with E-state index in [1.54, 1.807) is 18.2 Å². The molecule has 1 aromatic rings. The molecule has 1 aromatic carbocycles. The number of rotatable bonds is 10. The Morgan fingerprint density at radius 3 is 2.68 bits per heavy atom. The smallest absolute Gasteiger partial charge is 0.251 e. The predicted molar refractivity (Wildman–Crippen MR) is 91.4 cm³/mol. The molecule has 0 radical (unpaired) electrons. The number of hydrogen-bond donors (Lipinski definition) is 2. The lowest BCUT2D eigenvalue weighted by Crippen LogP contribution is -2.24. The van der Waals surface area contributed by atoms with Crippen LogP contribution in [-0.2, 0) is 0 Å². The van der Waals surface area contributed by atoms with Crippen LogP contribution >= 0.6 is 0 Å². The Balaban J connectivity index is 2.45. The molecule has 1 amide bonds. The Bertz CT molecular complexity index is 461. The van der Waals surface area contributed by atoms with Crippen LogP contribution in [0.5, 0.6) is 5.75 Å². The maximum Gasteiger partial charge on any atom is 0.251 e. The van der Waals surface area contributed by atoms with Gasteiger partial charge in [-0.3, -0.25) is 4.79 Å². The molecule has 5 heteroatoms. The molecular weight excluding hydrogens is 278 g/mol. The number of carbonyl (C=O) groups excluding carboxylic acids is 1. The second-order valence-corrected chi connectivity index (χ2v) is 5.72. The molecule has 0 fully saturated rings. The average Bonchev–Trinajstić information content (AvgIpc) is 2.48. The number of benzene rings is 1. The number of carbonyl (C=O) groups is 1. The van der Waals surface area contributed by atoms with Crippen molar-refractivity contribution in [3.05, 3.63) is 23.8 Å². The van der Waals surface area contributed by atoms with Gasteiger partial charge < -0.3 is 20.7 Å². The summed E-state index contributed by atoms with van der Waals surface area (Å²) in [5.41, 5.74) is 7.05. The number of hydrogen-bond acceptors (Lipinski definition) is 4. The van der Waals surface area contributed by atoms with E-state index in [4.69, 9.17) is 10.5 Å². The number of unbranched alkanes of at least 4 members (excludes halogenated alkanes) is 2. The summed E-state index contributed by atoms with van der Waals surface area (Å²) in [6.07, 6.45) is 4.21. The van der Waals surface area contributed by atoms with Crippen LogP contribution in [0.1, 0.15) is 43.0 Å². The topological polar surface area (TPSA) is 67.6 Å². The van der Waals surface area contributed by atoms with Gasteiger partial charge in [0.25, 0.3) is 5.91 Å². The molecule has 0 saturated carbocycles. The van der Waals surface area contributed by atoms with Gasteiger partial charge in [0, 0.05) is 18.7 Å². The summed E-state index contributed by atoms with van der Waals surface area (Å²) in [5.74, 6) is 0.559. The van der Waals surface area contributed by atoms with Gasteiger partial charge in [0.1, 0.15) is 5.75 Å². The minimum Gasteiger partial charge on any atom is -0.491 e. The van der Waals surface area contributed by atoms with Gasteiger partial charge in [0.2, 0.25) is 0 Å². The third-order valence-corrected chi connectivity index (χ3v) is 3.35. The Morgan fingerprint density at radius 2 is 2.05 bits per heavy atom. The molecule has 3 N–H and O–H groups in total. The van der Waals surface area contributed by atoms with Crippen LogP contribution in [0.25, 0.3) is 0 Å². The fourth-order valence-corrected chi connectivity index (χ4v) is 2.06. The van der Waals surface area contributed by atoms with E-state index in [1.807, 2.05) is 14.1 Å². The largest absolute Gasteiger partial charge is 0.491 e. The van der Waals surface area contributed by atoms with E-state index >= 15 is 0 Å². The summed E-state index contributed by atoms with van der Waals surface area (Å²) in [6.45, 7) is 4.43. The second-order valence-electron chi connectivity index (χ2n) is 5.72. The van der Waals surface area contributed by atoms with E-state index < -0.39 is 0 Å². The van der Waals surface area contributed by atoms with Crippen molar-refractivity contribution >= 4 is 11.6 Å². The highest BCUT2D eigenvalue weighted by molar-refractivity contribution is 5.95. The van der Waals surface area contributed by atoms with Crippen molar-refractivity contribution in [3.8, 4) is 5.75 Å². The molecule has 0 aromatic heterocycles. The normalized spacial score (nSPS) is 10.7. The van der Waals surface area contributed by atoms with Crippen molar-refractivity contribution < 1.29 is 9.53 Å². The number of nitrogens with zero attached hydrogens (tertiary/aromatic N) is 1. The van der Waals surface area contributed by atoms with Crippen LogP contribution in [0.2, 0.25) is 0 Å². The molecular formula is C17H29N3O2. The maximum atomic E-state index is 12.0. The van der Waals surface area contributed by atoms with E-state index in [9.17, 15) is 4.79 Å². The van der Waals surface area contributed by atoms with Gasteiger partial charge in [-0.25, -0.2) is 0 Å². The van der Waals surface area contributed by atoms with E-state index in [0.717, 1.165) is 32.2 Å². The predicted octanol–water partition coefficient (Wildman–Crippen LogP) is 2.52. The van der Waals surface area contributed by atoms with Gasteiger partial charge in [-0.15, -0.1) is 0 Å². The molecule has 0 heterocycles. The quantitative estimate of drug-likeness (QED) is 0.515. The van der Waals surface area contributed by atoms with Gasteiger partial charge in [-0.1, -0.05) is 19.8 Å². The van der Waals surface area contributed by atoms with Gasteiger partial charge >= 0.3 is 0 Å². The van der Waals surface area contributed by atoms with E-state index in [-0.39, 0.29) is 5.91 Å². The summed E-state index contributed by atoms with van der Waals surface area (Å²) in [7, 11) is 4.06. The number of amides is 1. The lowest BCUT2D eigenvalue weighted by molar-refractivity contribution is 0.0953. The third-order valence-electron chi connectivity index (χ3n) is 3.35. The van der Waals surface area contributed by atoms with Crippen LogP contribution in [-0.4, -0.2) is 44.6 Å². The molecule has 124 valence electrons. The minimum absolute atomic E-state index is 0.0815. The SMILES string of the molecule is CCCCCNC(=O)c1ccc(OCCCN(C)C)c(N)c1. The van der Waals surface area contributed by atoms with Crippen LogP contribution < -0.4 is 15.8 Å². The third kappa shape index (κ3) is 6.80. The van der Waals surface area contributed by atoms with Crippen molar-refractivity contribution in [2.45, 2.75) is 32.6 Å². The maximum absolute atomic E-state index is 12.0. The van der Waals surface area contributed by atoms with Gasteiger partial charge in [0.05, 0.1) is 12.3 Å². The lowest BCUT2D eigenvalue weighted by Gasteiger charge is -2.12. The highest BCUT2D eigenvalue weighted by Gasteiger charge is 2.08. The van der Waals surface area contributed by atoms with Crippen molar-refractivity contribution in [1.82, 2.24) is 10.2 Å². The zero-order chi connectivity index (χ0) is 16.4. The molecule has 0 aliphatic carbocycles. The van der Waals surface area contributed by atoms with Crippen molar-refractivity contribution in [1.29, 1.82) is 0 Å². The van der Waals surface area contributed by atoms with Crippen LogP contribution in [0, 0.1) is 0 Å². The van der Waals surface area contributed by atoms with Gasteiger partial charge in [-0.05, 0) is 45.1 Å². The Labute approximate surface area is 133 Å². The van der Waals surface area contributed by atoms with E-state index in [2.05, 4.69) is 17.1 Å². The molecule has 0 spiro atoms. The van der Waals surface area contributed by atoms with E-state index in [1.165, 1.54) is 0 Å². The molecule has 0 saturated heterocycles. The fraction of sp³-hybridized carbons (Fsp3) is 0.588. The highest BCUT2D eigenvalue weighted by Crippen LogP contribution is 2.22. The Kier molecular flexibility index (Phi) is 8.36. The summed E-state index contributed by atoms with van der Waals surface area (Å²) >= 11 is 0. The first kappa shape index (κ1) is 18.3. The number of ether oxygens (including phenoxy) is 1. The molecule has 0 unspecified atom stereocenters.